The summed E-state index contributed by atoms with van der Waals surface area (Å²) in [6.45, 7) is -0.354. The van der Waals surface area contributed by atoms with Crippen molar-refractivity contribution in [2.45, 2.75) is 6.10 Å². The maximum atomic E-state index is 9.34. The van der Waals surface area contributed by atoms with E-state index in [2.05, 4.69) is 15.9 Å². The highest BCUT2D eigenvalue weighted by atomic mass is 79.9. The first-order valence-corrected chi connectivity index (χ1v) is 4.46. The van der Waals surface area contributed by atoms with Crippen molar-refractivity contribution in [3.05, 3.63) is 33.8 Å². The Morgan fingerprint density at radius 1 is 1.54 bits per heavy atom. The van der Waals surface area contributed by atoms with Gasteiger partial charge >= 0.3 is 0 Å². The van der Waals surface area contributed by atoms with Crippen molar-refractivity contribution in [1.82, 2.24) is 0 Å². The lowest BCUT2D eigenvalue weighted by Crippen LogP contribution is -2.03. The topological polar surface area (TPSA) is 64.2 Å². The van der Waals surface area contributed by atoms with Crippen LogP contribution in [0.25, 0.3) is 0 Å². The Balaban J connectivity index is 3.12. The molecule has 0 fully saturated rings. The molecule has 0 saturated carbocycles. The molecular weight excluding hydrogens is 234 g/mol. The minimum Gasteiger partial charge on any atom is -0.393 e. The van der Waals surface area contributed by atoms with Crippen LogP contribution in [0, 0.1) is 11.3 Å². The van der Waals surface area contributed by atoms with Gasteiger partial charge in [0.2, 0.25) is 0 Å². The lowest BCUT2D eigenvalue weighted by atomic mass is 10.1. The summed E-state index contributed by atoms with van der Waals surface area (Å²) in [5.74, 6) is 0. The first-order valence-electron chi connectivity index (χ1n) is 3.67. The van der Waals surface area contributed by atoms with Crippen molar-refractivity contribution in [3.8, 4) is 6.07 Å². The highest BCUT2D eigenvalue weighted by molar-refractivity contribution is 9.10. The molecule has 0 aliphatic rings. The molecule has 0 bridgehead atoms. The number of aliphatic hydroxyl groups is 2. The van der Waals surface area contributed by atoms with E-state index in [4.69, 9.17) is 10.4 Å². The van der Waals surface area contributed by atoms with Gasteiger partial charge in [-0.3, -0.25) is 0 Å². The van der Waals surface area contributed by atoms with E-state index in [1.165, 1.54) is 0 Å². The smallest absolute Gasteiger partial charge is 0.103 e. The standard InChI is InChI=1S/C9H8BrNO2/c10-8-2-1-6(4-11)3-7(8)9(13)5-12/h1-3,9,12-13H,5H2. The van der Waals surface area contributed by atoms with E-state index in [-0.39, 0.29) is 6.61 Å². The molecule has 1 unspecified atom stereocenters. The number of halogens is 1. The Morgan fingerprint density at radius 3 is 2.77 bits per heavy atom. The molecule has 1 aromatic rings. The van der Waals surface area contributed by atoms with Crippen molar-refractivity contribution in [2.75, 3.05) is 6.61 Å². The van der Waals surface area contributed by atoms with Crippen LogP contribution < -0.4 is 0 Å². The molecule has 3 nitrogen and oxygen atoms in total. The Kier molecular flexibility index (Phi) is 3.43. The molecule has 0 aliphatic carbocycles. The average molecular weight is 242 g/mol. The zero-order valence-electron chi connectivity index (χ0n) is 6.74. The van der Waals surface area contributed by atoms with E-state index in [0.29, 0.717) is 15.6 Å². The Labute approximate surface area is 84.4 Å². The van der Waals surface area contributed by atoms with Gasteiger partial charge < -0.3 is 10.2 Å². The molecule has 68 valence electrons. The summed E-state index contributed by atoms with van der Waals surface area (Å²) in [7, 11) is 0. The molecule has 2 N–H and O–H groups in total. The first kappa shape index (κ1) is 10.2. The minimum atomic E-state index is -0.942. The van der Waals surface area contributed by atoms with Gasteiger partial charge in [0.25, 0.3) is 0 Å². The van der Waals surface area contributed by atoms with Gasteiger partial charge in [-0.05, 0) is 23.8 Å². The highest BCUT2D eigenvalue weighted by Gasteiger charge is 2.10. The van der Waals surface area contributed by atoms with Gasteiger partial charge in [0, 0.05) is 4.47 Å². The molecule has 1 atom stereocenters. The maximum absolute atomic E-state index is 9.34. The van der Waals surface area contributed by atoms with Crippen molar-refractivity contribution in [2.24, 2.45) is 0 Å². The normalized spacial score (nSPS) is 12.2. The minimum absolute atomic E-state index is 0.354. The van der Waals surface area contributed by atoms with Gasteiger partial charge in [-0.25, -0.2) is 0 Å². The molecule has 0 saturated heterocycles. The summed E-state index contributed by atoms with van der Waals surface area (Å²) < 4.78 is 0.688. The second-order valence-corrected chi connectivity index (χ2v) is 3.40. The van der Waals surface area contributed by atoms with Crippen molar-refractivity contribution >= 4 is 15.9 Å². The van der Waals surface area contributed by atoms with Gasteiger partial charge in [-0.15, -0.1) is 0 Å². The van der Waals surface area contributed by atoms with Crippen molar-refractivity contribution in [1.29, 1.82) is 5.26 Å². The fraction of sp³-hybridized carbons (Fsp3) is 0.222. The van der Waals surface area contributed by atoms with Crippen LogP contribution in [-0.4, -0.2) is 16.8 Å². The van der Waals surface area contributed by atoms with Gasteiger partial charge in [0.15, 0.2) is 0 Å². The maximum Gasteiger partial charge on any atom is 0.103 e. The summed E-state index contributed by atoms with van der Waals surface area (Å²) >= 11 is 3.22. The molecule has 0 amide bonds. The second kappa shape index (κ2) is 4.38. The van der Waals surface area contributed by atoms with Crippen molar-refractivity contribution in [3.63, 3.8) is 0 Å². The SMILES string of the molecule is N#Cc1ccc(Br)c(C(O)CO)c1. The predicted molar refractivity (Wildman–Crippen MR) is 50.9 cm³/mol. The second-order valence-electron chi connectivity index (χ2n) is 2.55. The molecule has 1 rings (SSSR count). The zero-order chi connectivity index (χ0) is 9.84. The third kappa shape index (κ3) is 2.28. The lowest BCUT2D eigenvalue weighted by Gasteiger charge is -2.09. The lowest BCUT2D eigenvalue weighted by molar-refractivity contribution is 0.0950. The summed E-state index contributed by atoms with van der Waals surface area (Å²) in [5, 5.41) is 26.7. The Hall–Kier alpha value is -0.890. The van der Waals surface area contributed by atoms with Crippen LogP contribution in [0.15, 0.2) is 22.7 Å². The highest BCUT2D eigenvalue weighted by Crippen LogP contribution is 2.24. The van der Waals surface area contributed by atoms with E-state index in [9.17, 15) is 5.11 Å². The van der Waals surface area contributed by atoms with Crippen LogP contribution in [0.3, 0.4) is 0 Å². The van der Waals surface area contributed by atoms with Gasteiger partial charge in [0.1, 0.15) is 6.10 Å². The fourth-order valence-electron chi connectivity index (χ4n) is 0.967. The summed E-state index contributed by atoms with van der Waals surface area (Å²) in [6.07, 6.45) is -0.942. The molecular formula is C9H8BrNO2. The molecule has 0 aromatic heterocycles. The third-order valence-electron chi connectivity index (χ3n) is 1.66. The van der Waals surface area contributed by atoms with Crippen LogP contribution >= 0.6 is 15.9 Å². The van der Waals surface area contributed by atoms with Crippen LogP contribution in [0.2, 0.25) is 0 Å². The molecule has 13 heavy (non-hydrogen) atoms. The Morgan fingerprint density at radius 2 is 2.23 bits per heavy atom. The van der Waals surface area contributed by atoms with E-state index in [0.717, 1.165) is 0 Å². The number of nitriles is 1. The molecule has 0 radical (unpaired) electrons. The number of aliphatic hydroxyl groups excluding tert-OH is 2. The molecule has 0 spiro atoms. The van der Waals surface area contributed by atoms with Gasteiger partial charge in [-0.2, -0.15) is 5.26 Å². The quantitative estimate of drug-likeness (QED) is 0.822. The number of rotatable bonds is 2. The van der Waals surface area contributed by atoms with Crippen LogP contribution in [0.1, 0.15) is 17.2 Å². The molecule has 1 aromatic carbocycles. The summed E-state index contributed by atoms with van der Waals surface area (Å²) in [5.41, 5.74) is 0.993. The van der Waals surface area contributed by atoms with Crippen LogP contribution in [0.5, 0.6) is 0 Å². The molecule has 0 aliphatic heterocycles. The molecule has 0 heterocycles. The predicted octanol–water partition coefficient (Wildman–Crippen LogP) is 1.35. The zero-order valence-corrected chi connectivity index (χ0v) is 8.32. The van der Waals surface area contributed by atoms with E-state index in [1.54, 1.807) is 18.2 Å². The van der Waals surface area contributed by atoms with E-state index >= 15 is 0 Å². The largest absolute Gasteiger partial charge is 0.393 e. The summed E-state index contributed by atoms with van der Waals surface area (Å²) in [4.78, 5) is 0. The number of nitrogens with zero attached hydrogens (tertiary/aromatic N) is 1. The Bertz CT molecular complexity index is 346. The monoisotopic (exact) mass is 241 g/mol. The van der Waals surface area contributed by atoms with Crippen LogP contribution in [-0.2, 0) is 0 Å². The van der Waals surface area contributed by atoms with E-state index in [1.807, 2.05) is 6.07 Å². The third-order valence-corrected chi connectivity index (χ3v) is 2.38. The number of hydrogen-bond acceptors (Lipinski definition) is 3. The van der Waals surface area contributed by atoms with E-state index < -0.39 is 6.10 Å². The fourth-order valence-corrected chi connectivity index (χ4v) is 1.48. The first-order chi connectivity index (χ1) is 6.19. The summed E-state index contributed by atoms with van der Waals surface area (Å²) in [6, 6.07) is 6.82. The molecule has 4 heteroatoms. The van der Waals surface area contributed by atoms with Gasteiger partial charge in [-0.1, -0.05) is 15.9 Å². The average Bonchev–Trinajstić information content (AvgIpc) is 2.17. The number of benzene rings is 1. The number of hydrogen-bond donors (Lipinski definition) is 2. The van der Waals surface area contributed by atoms with Crippen molar-refractivity contribution < 1.29 is 10.2 Å². The van der Waals surface area contributed by atoms with Gasteiger partial charge in [0.05, 0.1) is 18.2 Å². The van der Waals surface area contributed by atoms with Crippen LogP contribution in [0.4, 0.5) is 0 Å².